The maximum absolute atomic E-state index is 11.8. The minimum Gasteiger partial charge on any atom is -0.481 e. The molecule has 0 saturated heterocycles. The zero-order chi connectivity index (χ0) is 14.6. The number of carboxylic acid groups (broad SMARTS) is 1. The molecule has 0 spiro atoms. The fraction of sp³-hybridized carbons (Fsp3) is 0.643. The average Bonchev–Trinajstić information content (AvgIpc) is 2.26. The van der Waals surface area contributed by atoms with Crippen molar-refractivity contribution in [1.29, 1.82) is 0 Å². The van der Waals surface area contributed by atoms with Crippen LogP contribution in [-0.4, -0.2) is 20.6 Å². The summed E-state index contributed by atoms with van der Waals surface area (Å²) in [7, 11) is 0. The Morgan fingerprint density at radius 3 is 2.53 bits per heavy atom. The Morgan fingerprint density at radius 2 is 2.00 bits per heavy atom. The van der Waals surface area contributed by atoms with Crippen LogP contribution in [0.1, 0.15) is 44.6 Å². The quantitative estimate of drug-likeness (QED) is 0.801. The van der Waals surface area contributed by atoms with Gasteiger partial charge in [-0.2, -0.15) is 0 Å². The van der Waals surface area contributed by atoms with Gasteiger partial charge in [0.1, 0.15) is 5.82 Å². The zero-order valence-electron chi connectivity index (χ0n) is 12.1. The van der Waals surface area contributed by atoms with Crippen molar-refractivity contribution in [2.75, 3.05) is 0 Å². The van der Waals surface area contributed by atoms with Crippen LogP contribution in [0.4, 0.5) is 0 Å². The Morgan fingerprint density at radius 1 is 1.37 bits per heavy atom. The molecule has 5 nitrogen and oxygen atoms in total. The number of unbranched alkanes of at least 4 members (excludes halogenated alkanes) is 1. The van der Waals surface area contributed by atoms with Crippen molar-refractivity contribution < 1.29 is 9.90 Å². The van der Waals surface area contributed by atoms with Gasteiger partial charge in [-0.25, -0.2) is 4.98 Å². The molecule has 19 heavy (non-hydrogen) atoms. The van der Waals surface area contributed by atoms with E-state index in [1.54, 1.807) is 25.3 Å². The van der Waals surface area contributed by atoms with Gasteiger partial charge in [0.05, 0.1) is 5.41 Å². The van der Waals surface area contributed by atoms with Crippen LogP contribution in [0.15, 0.2) is 10.9 Å². The van der Waals surface area contributed by atoms with Crippen molar-refractivity contribution in [3.8, 4) is 0 Å². The number of carbonyl (C=O) groups is 1. The smallest absolute Gasteiger partial charge is 0.309 e. The number of aryl methyl sites for hydroxylation is 2. The van der Waals surface area contributed by atoms with Gasteiger partial charge in [0.25, 0.3) is 5.56 Å². The van der Waals surface area contributed by atoms with Crippen molar-refractivity contribution in [1.82, 2.24) is 9.55 Å². The third kappa shape index (κ3) is 4.19. The molecule has 1 N–H and O–H groups in total. The van der Waals surface area contributed by atoms with E-state index >= 15 is 0 Å². The lowest BCUT2D eigenvalue weighted by Gasteiger charge is -2.18. The first kappa shape index (κ1) is 15.4. The van der Waals surface area contributed by atoms with Crippen LogP contribution < -0.4 is 5.56 Å². The van der Waals surface area contributed by atoms with Gasteiger partial charge in [0, 0.05) is 18.3 Å². The van der Waals surface area contributed by atoms with Crippen molar-refractivity contribution >= 4 is 5.97 Å². The van der Waals surface area contributed by atoms with Crippen molar-refractivity contribution in [2.24, 2.45) is 5.41 Å². The van der Waals surface area contributed by atoms with E-state index in [0.717, 1.165) is 18.5 Å². The van der Waals surface area contributed by atoms with E-state index in [2.05, 4.69) is 4.98 Å². The first-order valence-corrected chi connectivity index (χ1v) is 6.52. The summed E-state index contributed by atoms with van der Waals surface area (Å²) in [6, 6.07) is 1.52. The molecule has 1 aromatic heterocycles. The van der Waals surface area contributed by atoms with Crippen LogP contribution in [0, 0.1) is 19.3 Å². The molecule has 0 radical (unpaired) electrons. The SMILES string of the molecule is Cc1cc(=O)n(CCCCC(C)(C)C(=O)O)c(C)n1. The van der Waals surface area contributed by atoms with Crippen LogP contribution in [0.3, 0.4) is 0 Å². The van der Waals surface area contributed by atoms with Crippen molar-refractivity contribution in [3.63, 3.8) is 0 Å². The van der Waals surface area contributed by atoms with Crippen LogP contribution >= 0.6 is 0 Å². The Labute approximate surface area is 113 Å². The number of hydrogen-bond donors (Lipinski definition) is 1. The first-order chi connectivity index (χ1) is 8.74. The summed E-state index contributed by atoms with van der Waals surface area (Å²) in [4.78, 5) is 27.0. The number of carboxylic acids is 1. The number of aromatic nitrogens is 2. The molecule has 106 valence electrons. The summed E-state index contributed by atoms with van der Waals surface area (Å²) in [5.41, 5.74) is -0.0146. The molecule has 0 saturated carbocycles. The highest BCUT2D eigenvalue weighted by Crippen LogP contribution is 2.23. The number of hydrogen-bond acceptors (Lipinski definition) is 3. The number of nitrogens with zero attached hydrogens (tertiary/aromatic N) is 2. The highest BCUT2D eigenvalue weighted by atomic mass is 16.4. The van der Waals surface area contributed by atoms with Gasteiger partial charge >= 0.3 is 5.97 Å². The molecule has 0 bridgehead atoms. The van der Waals surface area contributed by atoms with E-state index in [9.17, 15) is 9.59 Å². The monoisotopic (exact) mass is 266 g/mol. The van der Waals surface area contributed by atoms with Gasteiger partial charge in [0.2, 0.25) is 0 Å². The first-order valence-electron chi connectivity index (χ1n) is 6.52. The summed E-state index contributed by atoms with van der Waals surface area (Å²) < 4.78 is 1.64. The molecule has 1 aromatic rings. The van der Waals surface area contributed by atoms with Gasteiger partial charge in [0.15, 0.2) is 0 Å². The lowest BCUT2D eigenvalue weighted by atomic mass is 9.87. The lowest BCUT2D eigenvalue weighted by Crippen LogP contribution is -2.25. The number of aliphatic carboxylic acids is 1. The summed E-state index contributed by atoms with van der Waals surface area (Å²) >= 11 is 0. The maximum Gasteiger partial charge on any atom is 0.309 e. The molecular weight excluding hydrogens is 244 g/mol. The van der Waals surface area contributed by atoms with E-state index in [0.29, 0.717) is 18.8 Å². The van der Waals surface area contributed by atoms with E-state index in [1.807, 2.05) is 6.92 Å². The lowest BCUT2D eigenvalue weighted by molar-refractivity contribution is -0.147. The summed E-state index contributed by atoms with van der Waals surface area (Å²) in [6.07, 6.45) is 2.16. The molecular formula is C14H22N2O3. The largest absolute Gasteiger partial charge is 0.481 e. The predicted molar refractivity (Wildman–Crippen MR) is 73.2 cm³/mol. The van der Waals surface area contributed by atoms with E-state index in [-0.39, 0.29) is 5.56 Å². The summed E-state index contributed by atoms with van der Waals surface area (Å²) in [6.45, 7) is 7.65. The highest BCUT2D eigenvalue weighted by molar-refractivity contribution is 5.73. The van der Waals surface area contributed by atoms with E-state index in [4.69, 9.17) is 5.11 Å². The molecule has 1 rings (SSSR count). The normalized spacial score (nSPS) is 11.6. The van der Waals surface area contributed by atoms with Gasteiger partial charge in [-0.05, 0) is 40.5 Å². The predicted octanol–water partition coefficient (Wildman–Crippen LogP) is 2.14. The third-order valence-corrected chi connectivity index (χ3v) is 3.34. The standard InChI is InChI=1S/C14H22N2O3/c1-10-9-12(17)16(11(2)15-10)8-6-5-7-14(3,4)13(18)19/h9H,5-8H2,1-4H3,(H,18,19). The second-order valence-electron chi connectivity index (χ2n) is 5.58. The Hall–Kier alpha value is -1.65. The molecule has 0 atom stereocenters. The Kier molecular flexibility index (Phi) is 4.86. The Balaban J connectivity index is 2.56. The average molecular weight is 266 g/mol. The minimum atomic E-state index is -0.780. The van der Waals surface area contributed by atoms with Crippen LogP contribution in [0.5, 0.6) is 0 Å². The fourth-order valence-electron chi connectivity index (χ4n) is 1.98. The van der Waals surface area contributed by atoms with Gasteiger partial charge < -0.3 is 5.11 Å². The fourth-order valence-corrected chi connectivity index (χ4v) is 1.98. The van der Waals surface area contributed by atoms with Crippen LogP contribution in [-0.2, 0) is 11.3 Å². The second kappa shape index (κ2) is 5.99. The van der Waals surface area contributed by atoms with Crippen molar-refractivity contribution in [2.45, 2.75) is 53.5 Å². The molecule has 0 aliphatic carbocycles. The zero-order valence-corrected chi connectivity index (χ0v) is 12.1. The molecule has 0 amide bonds. The molecule has 0 unspecified atom stereocenters. The molecule has 0 aliphatic heterocycles. The summed E-state index contributed by atoms with van der Waals surface area (Å²) in [5.74, 6) is -0.0691. The molecule has 0 fully saturated rings. The maximum atomic E-state index is 11.8. The van der Waals surface area contributed by atoms with E-state index in [1.165, 1.54) is 6.07 Å². The van der Waals surface area contributed by atoms with Crippen LogP contribution in [0.25, 0.3) is 0 Å². The topological polar surface area (TPSA) is 72.2 Å². The molecule has 1 heterocycles. The molecule has 5 heteroatoms. The van der Waals surface area contributed by atoms with Gasteiger partial charge in [-0.3, -0.25) is 14.2 Å². The van der Waals surface area contributed by atoms with E-state index < -0.39 is 11.4 Å². The number of rotatable bonds is 6. The van der Waals surface area contributed by atoms with Crippen molar-refractivity contribution in [3.05, 3.63) is 27.9 Å². The van der Waals surface area contributed by atoms with Gasteiger partial charge in [-0.15, -0.1) is 0 Å². The summed E-state index contributed by atoms with van der Waals surface area (Å²) in [5, 5.41) is 9.01. The minimum absolute atomic E-state index is 0.0394. The second-order valence-corrected chi connectivity index (χ2v) is 5.58. The Bertz CT molecular complexity index is 518. The third-order valence-electron chi connectivity index (χ3n) is 3.34. The molecule has 0 aliphatic rings. The molecule has 0 aromatic carbocycles. The van der Waals surface area contributed by atoms with Gasteiger partial charge in [-0.1, -0.05) is 6.42 Å². The van der Waals surface area contributed by atoms with Crippen LogP contribution in [0.2, 0.25) is 0 Å². The highest BCUT2D eigenvalue weighted by Gasteiger charge is 2.25.